The van der Waals surface area contributed by atoms with Crippen molar-refractivity contribution in [3.05, 3.63) is 29.0 Å². The first kappa shape index (κ1) is 24.9. The van der Waals surface area contributed by atoms with Gasteiger partial charge in [0.2, 0.25) is 5.84 Å². The van der Waals surface area contributed by atoms with Crippen molar-refractivity contribution >= 4 is 38.7 Å². The molecule has 0 aliphatic rings. The van der Waals surface area contributed by atoms with Gasteiger partial charge in [-0.1, -0.05) is 34.6 Å². The van der Waals surface area contributed by atoms with E-state index < -0.39 is 15.8 Å². The zero-order valence-corrected chi connectivity index (χ0v) is 20.2. The van der Waals surface area contributed by atoms with Crippen LogP contribution in [-0.2, 0) is 10.0 Å². The van der Waals surface area contributed by atoms with Crippen LogP contribution in [0.1, 0.15) is 64.3 Å². The van der Waals surface area contributed by atoms with E-state index in [2.05, 4.69) is 23.8 Å². The molecule has 2 aromatic heterocycles. The number of aliphatic imine (C=N–C) groups is 1. The van der Waals surface area contributed by atoms with E-state index >= 15 is 0 Å². The van der Waals surface area contributed by atoms with E-state index in [-0.39, 0.29) is 27.6 Å². The number of nitrogens with two attached hydrogens (primary N) is 2. The number of nitrogens with one attached hydrogen (secondary N) is 1. The molecule has 172 valence electrons. The van der Waals surface area contributed by atoms with Gasteiger partial charge in [0.05, 0.1) is 6.26 Å². The van der Waals surface area contributed by atoms with Gasteiger partial charge in [0.25, 0.3) is 10.0 Å². The summed E-state index contributed by atoms with van der Waals surface area (Å²) in [5.74, 6) is 0.675. The summed E-state index contributed by atoms with van der Waals surface area (Å²) in [6.07, 6.45) is 2.41. The van der Waals surface area contributed by atoms with Gasteiger partial charge in [0.1, 0.15) is 11.4 Å². The number of thiophene rings is 1. The summed E-state index contributed by atoms with van der Waals surface area (Å²) in [4.78, 5) is 7.22. The molecule has 0 aliphatic heterocycles. The Morgan fingerprint density at radius 3 is 2.45 bits per heavy atom. The van der Waals surface area contributed by atoms with Crippen LogP contribution in [0.25, 0.3) is 0 Å². The Morgan fingerprint density at radius 1 is 1.29 bits per heavy atom. The SMILES string of the molecule is CC[C@@H]([NH+]=C(N)C(N)=Nc1csc(S(=O)(=O)N(CC)CC)c1O)c1cc(C(C)C)co1. The van der Waals surface area contributed by atoms with Gasteiger partial charge >= 0.3 is 5.84 Å². The molecule has 1 atom stereocenters. The monoisotopic (exact) mass is 470 g/mol. The molecule has 0 amide bonds. The van der Waals surface area contributed by atoms with Gasteiger partial charge in [-0.25, -0.2) is 13.4 Å². The lowest BCUT2D eigenvalue weighted by Gasteiger charge is -2.17. The van der Waals surface area contributed by atoms with Crippen LogP contribution in [0.4, 0.5) is 5.69 Å². The molecule has 0 aromatic carbocycles. The van der Waals surface area contributed by atoms with Crippen LogP contribution >= 0.6 is 11.3 Å². The van der Waals surface area contributed by atoms with Crippen LogP contribution in [0.15, 0.2) is 31.3 Å². The van der Waals surface area contributed by atoms with Crippen molar-refractivity contribution in [3.63, 3.8) is 0 Å². The van der Waals surface area contributed by atoms with Gasteiger partial charge in [0, 0.05) is 18.5 Å². The molecule has 0 saturated heterocycles. The lowest BCUT2D eigenvalue weighted by molar-refractivity contribution is -0.512. The number of aromatic hydroxyl groups is 1. The van der Waals surface area contributed by atoms with E-state index in [0.29, 0.717) is 25.4 Å². The summed E-state index contributed by atoms with van der Waals surface area (Å²) in [6, 6.07) is 1.76. The number of furan rings is 1. The standard InChI is InChI=1S/C20H31N5O4S2/c1-6-14(16-9-13(10-29-16)12(4)5)23-18(21)19(22)24-15-11-30-20(17(15)26)31(27,28)25(7-2)8-3/h9-12,14,26H,6-8H2,1-5H3,(H2,21,23)(H2,22,24)/p+1/t14-/m1/s1. The van der Waals surface area contributed by atoms with Crippen molar-refractivity contribution in [3.8, 4) is 5.75 Å². The minimum Gasteiger partial charge on any atom is -0.504 e. The fourth-order valence-electron chi connectivity index (χ4n) is 2.95. The van der Waals surface area contributed by atoms with E-state index in [0.717, 1.165) is 22.7 Å². The fourth-order valence-corrected chi connectivity index (χ4v) is 5.76. The summed E-state index contributed by atoms with van der Waals surface area (Å²) in [5, 5.41) is 11.9. The minimum absolute atomic E-state index is 0.0473. The number of amidine groups is 2. The summed E-state index contributed by atoms with van der Waals surface area (Å²) >= 11 is 0.889. The third-order valence-electron chi connectivity index (χ3n) is 4.90. The molecule has 0 bridgehead atoms. The van der Waals surface area contributed by atoms with E-state index in [1.165, 1.54) is 9.69 Å². The Balaban J connectivity index is 2.32. The fraction of sp³-hybridized carbons (Fsp3) is 0.500. The van der Waals surface area contributed by atoms with Crippen molar-refractivity contribution in [2.75, 3.05) is 13.1 Å². The average molecular weight is 471 g/mol. The molecular weight excluding hydrogens is 438 g/mol. The molecule has 0 fully saturated rings. The maximum absolute atomic E-state index is 12.7. The summed E-state index contributed by atoms with van der Waals surface area (Å²) in [7, 11) is -3.81. The van der Waals surface area contributed by atoms with Gasteiger partial charge < -0.3 is 15.3 Å². The van der Waals surface area contributed by atoms with Crippen LogP contribution < -0.4 is 16.5 Å². The smallest absolute Gasteiger partial charge is 0.309 e. The number of hydrogen-bond acceptors (Lipinski definition) is 6. The van der Waals surface area contributed by atoms with Crippen molar-refractivity contribution < 1.29 is 22.9 Å². The summed E-state index contributed by atoms with van der Waals surface area (Å²) < 4.78 is 32.1. The zero-order valence-electron chi connectivity index (χ0n) is 18.5. The Labute approximate surface area is 187 Å². The second kappa shape index (κ2) is 10.3. The van der Waals surface area contributed by atoms with Gasteiger partial charge in [-0.3, -0.25) is 10.7 Å². The molecule has 0 unspecified atom stereocenters. The highest BCUT2D eigenvalue weighted by atomic mass is 32.2. The number of sulfonamides is 1. The predicted molar refractivity (Wildman–Crippen MR) is 123 cm³/mol. The Kier molecular flexibility index (Phi) is 8.27. The van der Waals surface area contributed by atoms with Crippen LogP contribution in [0.3, 0.4) is 0 Å². The number of hydrogen-bond donors (Lipinski definition) is 4. The van der Waals surface area contributed by atoms with Crippen LogP contribution in [0.5, 0.6) is 5.75 Å². The maximum atomic E-state index is 12.7. The van der Waals surface area contributed by atoms with Crippen molar-refractivity contribution in [2.45, 2.75) is 57.2 Å². The summed E-state index contributed by atoms with van der Waals surface area (Å²) in [6.45, 7) is 10.2. The highest BCUT2D eigenvalue weighted by Crippen LogP contribution is 2.40. The highest BCUT2D eigenvalue weighted by molar-refractivity contribution is 7.91. The topological polar surface area (TPSA) is 149 Å². The molecule has 9 nitrogen and oxygen atoms in total. The molecule has 2 heterocycles. The quantitative estimate of drug-likeness (QED) is 0.324. The molecule has 6 N–H and O–H groups in total. The molecule has 11 heteroatoms. The molecule has 2 rings (SSSR count). The van der Waals surface area contributed by atoms with Gasteiger partial charge in [-0.2, -0.15) is 4.31 Å². The third kappa shape index (κ3) is 5.46. The first-order valence-electron chi connectivity index (χ1n) is 10.2. The Hall–Kier alpha value is -2.37. The average Bonchev–Trinajstić information content (AvgIpc) is 3.34. The molecule has 2 aromatic rings. The Bertz CT molecular complexity index is 1050. The molecule has 0 radical (unpaired) electrons. The van der Waals surface area contributed by atoms with Crippen molar-refractivity contribution in [1.29, 1.82) is 0 Å². The van der Waals surface area contributed by atoms with Crippen LogP contribution in [-0.4, -0.2) is 42.6 Å². The molecule has 0 aliphatic carbocycles. The van der Waals surface area contributed by atoms with Crippen molar-refractivity contribution in [2.24, 2.45) is 16.5 Å². The molecule has 0 spiro atoms. The largest absolute Gasteiger partial charge is 0.504 e. The van der Waals surface area contributed by atoms with Crippen LogP contribution in [0, 0.1) is 0 Å². The minimum atomic E-state index is -3.81. The number of nitrogens with zero attached hydrogens (tertiary/aromatic N) is 2. The van der Waals surface area contributed by atoms with Crippen molar-refractivity contribution in [1.82, 2.24) is 4.31 Å². The normalized spacial score (nSPS) is 14.5. The first-order chi connectivity index (χ1) is 14.6. The zero-order chi connectivity index (χ0) is 23.3. The van der Waals surface area contributed by atoms with E-state index in [4.69, 9.17) is 15.9 Å². The van der Waals surface area contributed by atoms with E-state index in [1.54, 1.807) is 20.1 Å². The molecule has 0 saturated carbocycles. The molecule has 31 heavy (non-hydrogen) atoms. The summed E-state index contributed by atoms with van der Waals surface area (Å²) in [5.41, 5.74) is 13.2. The number of rotatable bonds is 9. The van der Waals surface area contributed by atoms with Crippen LogP contribution in [0.2, 0.25) is 0 Å². The van der Waals surface area contributed by atoms with Gasteiger partial charge in [-0.05, 0) is 24.0 Å². The highest BCUT2D eigenvalue weighted by Gasteiger charge is 2.29. The van der Waals surface area contributed by atoms with E-state index in [9.17, 15) is 13.5 Å². The van der Waals surface area contributed by atoms with Gasteiger partial charge in [0.15, 0.2) is 16.0 Å². The molecular formula is C20H32N5O4S2+. The van der Waals surface area contributed by atoms with E-state index in [1.807, 2.05) is 13.0 Å². The first-order valence-corrected chi connectivity index (χ1v) is 12.5. The lowest BCUT2D eigenvalue weighted by atomic mass is 10.1. The van der Waals surface area contributed by atoms with Gasteiger partial charge in [-0.15, -0.1) is 11.3 Å². The second-order valence-electron chi connectivity index (χ2n) is 7.30. The predicted octanol–water partition coefficient (Wildman–Crippen LogP) is 1.78. The lowest BCUT2D eigenvalue weighted by Crippen LogP contribution is -2.79. The Morgan fingerprint density at radius 2 is 1.94 bits per heavy atom. The second-order valence-corrected chi connectivity index (χ2v) is 10.3. The maximum Gasteiger partial charge on any atom is 0.309 e. The third-order valence-corrected chi connectivity index (χ3v) is 8.43.